The van der Waals surface area contributed by atoms with Crippen molar-refractivity contribution in [1.29, 1.82) is 0 Å². The van der Waals surface area contributed by atoms with Gasteiger partial charge in [-0.1, -0.05) is 18.1 Å². The van der Waals surface area contributed by atoms with E-state index in [4.69, 9.17) is 5.73 Å². The number of aryl methyl sites for hydroxylation is 1. The van der Waals surface area contributed by atoms with Gasteiger partial charge in [0.2, 0.25) is 0 Å². The summed E-state index contributed by atoms with van der Waals surface area (Å²) >= 11 is 0. The number of amides is 1. The number of carbonyl (C=O) groups is 1. The Morgan fingerprint density at radius 3 is 2.90 bits per heavy atom. The molecule has 0 fully saturated rings. The number of pyridine rings is 1. The highest BCUT2D eigenvalue weighted by atomic mass is 19.1. The standard InChI is InChI=1S/C16H14FN3O/c1-11-7-8-12(10-14(11)17)16(21)20-15-6-2-4-13(19-15)5-3-9-18/h2,4,6-8,10H,9,18H2,1H3,(H,19,20,21). The van der Waals surface area contributed by atoms with Crippen LogP contribution < -0.4 is 11.1 Å². The predicted octanol–water partition coefficient (Wildman–Crippen LogP) is 2.09. The van der Waals surface area contributed by atoms with Crippen LogP contribution in [0.25, 0.3) is 0 Å². The van der Waals surface area contributed by atoms with Crippen LogP contribution in [0.1, 0.15) is 21.6 Å². The molecule has 0 aliphatic heterocycles. The highest BCUT2D eigenvalue weighted by Crippen LogP contribution is 2.11. The van der Waals surface area contributed by atoms with Gasteiger partial charge in [-0.15, -0.1) is 0 Å². The van der Waals surface area contributed by atoms with Gasteiger partial charge >= 0.3 is 0 Å². The molecule has 4 nitrogen and oxygen atoms in total. The fourth-order valence-corrected chi connectivity index (χ4v) is 1.64. The summed E-state index contributed by atoms with van der Waals surface area (Å²) in [5, 5.41) is 2.61. The SMILES string of the molecule is Cc1ccc(C(=O)Nc2cccc(C#CCN)n2)cc1F. The molecular formula is C16H14FN3O. The molecule has 2 aromatic rings. The second kappa shape index (κ2) is 6.64. The zero-order valence-electron chi connectivity index (χ0n) is 11.5. The average Bonchev–Trinajstić information content (AvgIpc) is 2.48. The van der Waals surface area contributed by atoms with Crippen molar-refractivity contribution in [3.05, 3.63) is 59.0 Å². The summed E-state index contributed by atoms with van der Waals surface area (Å²) in [5.41, 5.74) is 6.52. The van der Waals surface area contributed by atoms with Crippen LogP contribution in [-0.2, 0) is 0 Å². The minimum atomic E-state index is -0.426. The van der Waals surface area contributed by atoms with Crippen molar-refractivity contribution < 1.29 is 9.18 Å². The Balaban J connectivity index is 2.17. The topological polar surface area (TPSA) is 68.0 Å². The number of benzene rings is 1. The Hall–Kier alpha value is -2.71. The summed E-state index contributed by atoms with van der Waals surface area (Å²) in [6.45, 7) is 1.87. The third kappa shape index (κ3) is 3.88. The molecule has 1 aromatic carbocycles. The maximum absolute atomic E-state index is 13.5. The van der Waals surface area contributed by atoms with E-state index in [0.717, 1.165) is 0 Å². The smallest absolute Gasteiger partial charge is 0.256 e. The summed E-state index contributed by atoms with van der Waals surface area (Å²) in [6, 6.07) is 9.38. The molecule has 1 amide bonds. The van der Waals surface area contributed by atoms with Gasteiger partial charge in [0.25, 0.3) is 5.91 Å². The van der Waals surface area contributed by atoms with Gasteiger partial charge in [-0.3, -0.25) is 4.79 Å². The molecule has 21 heavy (non-hydrogen) atoms. The van der Waals surface area contributed by atoms with Gasteiger partial charge in [0.15, 0.2) is 0 Å². The first-order valence-corrected chi connectivity index (χ1v) is 6.33. The fraction of sp³-hybridized carbons (Fsp3) is 0.125. The predicted molar refractivity (Wildman–Crippen MR) is 79.3 cm³/mol. The summed E-state index contributed by atoms with van der Waals surface area (Å²) in [7, 11) is 0. The minimum Gasteiger partial charge on any atom is -0.320 e. The number of anilines is 1. The molecule has 0 aliphatic carbocycles. The van der Waals surface area contributed by atoms with E-state index in [2.05, 4.69) is 22.1 Å². The van der Waals surface area contributed by atoms with Crippen molar-refractivity contribution in [1.82, 2.24) is 4.98 Å². The van der Waals surface area contributed by atoms with Crippen molar-refractivity contribution in [3.63, 3.8) is 0 Å². The third-order valence-electron chi connectivity index (χ3n) is 2.74. The van der Waals surface area contributed by atoms with Gasteiger partial charge in [0.05, 0.1) is 6.54 Å². The number of carbonyl (C=O) groups excluding carboxylic acids is 1. The number of aromatic nitrogens is 1. The van der Waals surface area contributed by atoms with E-state index in [1.165, 1.54) is 6.07 Å². The second-order valence-corrected chi connectivity index (χ2v) is 4.33. The van der Waals surface area contributed by atoms with Gasteiger partial charge in [-0.2, -0.15) is 0 Å². The van der Waals surface area contributed by atoms with Crippen molar-refractivity contribution >= 4 is 11.7 Å². The zero-order valence-corrected chi connectivity index (χ0v) is 11.5. The quantitative estimate of drug-likeness (QED) is 0.829. The van der Waals surface area contributed by atoms with E-state index in [1.807, 2.05) is 0 Å². The van der Waals surface area contributed by atoms with E-state index in [0.29, 0.717) is 17.1 Å². The van der Waals surface area contributed by atoms with Gasteiger partial charge in [-0.25, -0.2) is 9.37 Å². The number of halogens is 1. The molecular weight excluding hydrogens is 269 g/mol. The lowest BCUT2D eigenvalue weighted by Crippen LogP contribution is -2.13. The maximum Gasteiger partial charge on any atom is 0.256 e. The normalized spacial score (nSPS) is 9.67. The fourth-order valence-electron chi connectivity index (χ4n) is 1.64. The van der Waals surface area contributed by atoms with E-state index < -0.39 is 11.7 Å². The Labute approximate surface area is 122 Å². The van der Waals surface area contributed by atoms with E-state index in [1.54, 1.807) is 37.3 Å². The van der Waals surface area contributed by atoms with Gasteiger partial charge in [0, 0.05) is 5.56 Å². The van der Waals surface area contributed by atoms with E-state index in [9.17, 15) is 9.18 Å². The van der Waals surface area contributed by atoms with Crippen molar-refractivity contribution in [2.45, 2.75) is 6.92 Å². The molecule has 2 rings (SSSR count). The Morgan fingerprint density at radius 2 is 2.19 bits per heavy atom. The zero-order chi connectivity index (χ0) is 15.2. The monoisotopic (exact) mass is 283 g/mol. The molecule has 0 saturated carbocycles. The average molecular weight is 283 g/mol. The van der Waals surface area contributed by atoms with Crippen LogP contribution in [0.15, 0.2) is 36.4 Å². The summed E-state index contributed by atoms with van der Waals surface area (Å²) in [4.78, 5) is 16.2. The molecule has 0 saturated heterocycles. The van der Waals surface area contributed by atoms with E-state index in [-0.39, 0.29) is 12.1 Å². The lowest BCUT2D eigenvalue weighted by molar-refractivity contribution is 0.102. The Kier molecular flexibility index (Phi) is 4.64. The highest BCUT2D eigenvalue weighted by molar-refractivity contribution is 6.03. The number of hydrogen-bond acceptors (Lipinski definition) is 3. The Morgan fingerprint density at radius 1 is 1.38 bits per heavy atom. The summed E-state index contributed by atoms with van der Waals surface area (Å²) in [5.74, 6) is 4.97. The molecule has 0 unspecified atom stereocenters. The Bertz CT molecular complexity index is 732. The molecule has 3 N–H and O–H groups in total. The first-order valence-electron chi connectivity index (χ1n) is 6.33. The number of hydrogen-bond donors (Lipinski definition) is 2. The van der Waals surface area contributed by atoms with E-state index >= 15 is 0 Å². The largest absolute Gasteiger partial charge is 0.320 e. The summed E-state index contributed by atoms with van der Waals surface area (Å²) < 4.78 is 13.5. The molecule has 5 heteroatoms. The number of nitrogens with one attached hydrogen (secondary N) is 1. The molecule has 106 valence electrons. The highest BCUT2D eigenvalue weighted by Gasteiger charge is 2.09. The lowest BCUT2D eigenvalue weighted by atomic mass is 10.1. The van der Waals surface area contributed by atoms with Crippen LogP contribution in [0.2, 0.25) is 0 Å². The first kappa shape index (κ1) is 14.7. The minimum absolute atomic E-state index is 0.235. The van der Waals surface area contributed by atoms with Crippen molar-refractivity contribution in [2.24, 2.45) is 5.73 Å². The molecule has 0 radical (unpaired) electrons. The number of rotatable bonds is 2. The molecule has 0 bridgehead atoms. The van der Waals surface area contributed by atoms with Crippen LogP contribution >= 0.6 is 0 Å². The van der Waals surface area contributed by atoms with Crippen molar-refractivity contribution in [2.75, 3.05) is 11.9 Å². The summed E-state index contributed by atoms with van der Waals surface area (Å²) in [6.07, 6.45) is 0. The molecule has 0 atom stereocenters. The van der Waals surface area contributed by atoms with Crippen LogP contribution in [0, 0.1) is 24.6 Å². The van der Waals surface area contributed by atoms with Gasteiger partial charge in [-0.05, 0) is 42.7 Å². The lowest BCUT2D eigenvalue weighted by Gasteiger charge is -2.05. The van der Waals surface area contributed by atoms with Crippen LogP contribution in [0.3, 0.4) is 0 Å². The van der Waals surface area contributed by atoms with Gasteiger partial charge < -0.3 is 11.1 Å². The number of nitrogens with two attached hydrogens (primary N) is 1. The van der Waals surface area contributed by atoms with Crippen molar-refractivity contribution in [3.8, 4) is 11.8 Å². The van der Waals surface area contributed by atoms with Crippen LogP contribution in [0.4, 0.5) is 10.2 Å². The van der Waals surface area contributed by atoms with Crippen LogP contribution in [-0.4, -0.2) is 17.4 Å². The molecule has 1 heterocycles. The third-order valence-corrected chi connectivity index (χ3v) is 2.74. The number of nitrogens with zero attached hydrogens (tertiary/aromatic N) is 1. The maximum atomic E-state index is 13.5. The second-order valence-electron chi connectivity index (χ2n) is 4.33. The molecule has 0 aliphatic rings. The molecule has 0 spiro atoms. The first-order chi connectivity index (χ1) is 10.1. The molecule has 1 aromatic heterocycles. The van der Waals surface area contributed by atoms with Crippen LogP contribution in [0.5, 0.6) is 0 Å². The van der Waals surface area contributed by atoms with Gasteiger partial charge in [0.1, 0.15) is 17.3 Å².